The molecule has 0 aliphatic heterocycles. The van der Waals surface area contributed by atoms with Gasteiger partial charge in [0.2, 0.25) is 0 Å². The summed E-state index contributed by atoms with van der Waals surface area (Å²) in [5.41, 5.74) is 2.18. The number of rotatable bonds is 8. The highest BCUT2D eigenvalue weighted by Crippen LogP contribution is 2.32. The number of hydrogen-bond acceptors (Lipinski definition) is 2. The smallest absolute Gasteiger partial charge is 0.305 e. The third-order valence-electron chi connectivity index (χ3n) is 4.07. The molecule has 0 aliphatic rings. The van der Waals surface area contributed by atoms with Crippen LogP contribution in [0.5, 0.6) is 0 Å². The number of nitrogens with zero attached hydrogens (tertiary/aromatic N) is 1. The fourth-order valence-electron chi connectivity index (χ4n) is 2.89. The first-order chi connectivity index (χ1) is 11.1. The molecule has 0 spiro atoms. The van der Waals surface area contributed by atoms with Gasteiger partial charge in [-0.25, -0.2) is 0 Å². The first kappa shape index (κ1) is 17.0. The number of carboxylic acids is 1. The van der Waals surface area contributed by atoms with E-state index in [1.165, 1.54) is 5.56 Å². The number of aliphatic carboxylic acids is 1. The Hall–Kier alpha value is -2.39. The molecule has 0 aromatic heterocycles. The van der Waals surface area contributed by atoms with Crippen LogP contribution in [0.3, 0.4) is 0 Å². The van der Waals surface area contributed by atoms with Gasteiger partial charge in [0, 0.05) is 18.6 Å². The fourth-order valence-corrected chi connectivity index (χ4v) is 2.89. The van der Waals surface area contributed by atoms with E-state index in [-0.39, 0.29) is 18.5 Å². The van der Waals surface area contributed by atoms with Crippen LogP contribution in [0.2, 0.25) is 0 Å². The number of carbonyl (C=O) groups is 1. The lowest BCUT2D eigenvalue weighted by atomic mass is 9.97. The first-order valence-corrected chi connectivity index (χ1v) is 7.81. The van der Waals surface area contributed by atoms with Gasteiger partial charge >= 0.3 is 5.97 Å². The SMILES string of the molecule is C=CCN(C(C)c1ccccc1)C(CC(=O)O)c1ccccc1. The first-order valence-electron chi connectivity index (χ1n) is 7.81. The van der Waals surface area contributed by atoms with Crippen LogP contribution in [0.4, 0.5) is 0 Å². The molecule has 2 atom stereocenters. The van der Waals surface area contributed by atoms with Gasteiger partial charge < -0.3 is 5.11 Å². The minimum atomic E-state index is -0.798. The second-order valence-electron chi connectivity index (χ2n) is 5.60. The van der Waals surface area contributed by atoms with Crippen molar-refractivity contribution in [3.8, 4) is 0 Å². The van der Waals surface area contributed by atoms with Gasteiger partial charge in [0.1, 0.15) is 0 Å². The van der Waals surface area contributed by atoms with Crippen molar-refractivity contribution in [3.05, 3.63) is 84.4 Å². The van der Waals surface area contributed by atoms with Crippen molar-refractivity contribution < 1.29 is 9.90 Å². The van der Waals surface area contributed by atoms with E-state index in [0.29, 0.717) is 6.54 Å². The highest BCUT2D eigenvalue weighted by Gasteiger charge is 2.27. The number of carboxylic acid groups (broad SMARTS) is 1. The quantitative estimate of drug-likeness (QED) is 0.732. The standard InChI is InChI=1S/C20H23NO2/c1-3-14-21(16(2)17-10-6-4-7-11-17)19(15-20(22)23)18-12-8-5-9-13-18/h3-13,16,19H,1,14-15H2,2H3,(H,22,23). The molecule has 1 N–H and O–H groups in total. The van der Waals surface area contributed by atoms with E-state index in [1.54, 1.807) is 0 Å². The molecule has 3 nitrogen and oxygen atoms in total. The van der Waals surface area contributed by atoms with Crippen molar-refractivity contribution in [3.63, 3.8) is 0 Å². The summed E-state index contributed by atoms with van der Waals surface area (Å²) in [6.07, 6.45) is 1.90. The molecule has 0 fully saturated rings. The Morgan fingerprint density at radius 3 is 2.09 bits per heavy atom. The Kier molecular flexibility index (Phi) is 6.12. The average molecular weight is 309 g/mol. The topological polar surface area (TPSA) is 40.5 Å². The molecule has 3 heteroatoms. The monoisotopic (exact) mass is 309 g/mol. The summed E-state index contributed by atoms with van der Waals surface area (Å²) >= 11 is 0. The van der Waals surface area contributed by atoms with E-state index in [2.05, 4.69) is 30.5 Å². The normalized spacial score (nSPS) is 13.5. The van der Waals surface area contributed by atoms with Crippen LogP contribution < -0.4 is 0 Å². The van der Waals surface area contributed by atoms with Crippen LogP contribution in [0.1, 0.15) is 36.6 Å². The summed E-state index contributed by atoms with van der Waals surface area (Å²) in [4.78, 5) is 13.6. The molecule has 0 aliphatic carbocycles. The van der Waals surface area contributed by atoms with Gasteiger partial charge in [-0.05, 0) is 18.1 Å². The van der Waals surface area contributed by atoms with Crippen molar-refractivity contribution in [1.29, 1.82) is 0 Å². The minimum absolute atomic E-state index is 0.0645. The van der Waals surface area contributed by atoms with Gasteiger partial charge in [0.05, 0.1) is 6.42 Å². The van der Waals surface area contributed by atoms with Crippen LogP contribution in [0, 0.1) is 0 Å². The van der Waals surface area contributed by atoms with E-state index in [1.807, 2.05) is 54.6 Å². The average Bonchev–Trinajstić information content (AvgIpc) is 2.59. The molecule has 2 rings (SSSR count). The maximum Gasteiger partial charge on any atom is 0.305 e. The van der Waals surface area contributed by atoms with Crippen LogP contribution in [0.25, 0.3) is 0 Å². The van der Waals surface area contributed by atoms with Gasteiger partial charge in [0.15, 0.2) is 0 Å². The third kappa shape index (κ3) is 4.54. The summed E-state index contributed by atoms with van der Waals surface area (Å²) < 4.78 is 0. The van der Waals surface area contributed by atoms with Gasteiger partial charge in [-0.15, -0.1) is 6.58 Å². The lowest BCUT2D eigenvalue weighted by Gasteiger charge is -2.35. The second kappa shape index (κ2) is 8.30. The van der Waals surface area contributed by atoms with E-state index >= 15 is 0 Å². The van der Waals surface area contributed by atoms with Crippen LogP contribution in [-0.4, -0.2) is 22.5 Å². The van der Waals surface area contributed by atoms with Crippen LogP contribution >= 0.6 is 0 Å². The Labute approximate surface area is 137 Å². The van der Waals surface area contributed by atoms with E-state index in [0.717, 1.165) is 5.56 Å². The Bertz CT molecular complexity index is 625. The predicted molar refractivity (Wildman–Crippen MR) is 93.2 cm³/mol. The zero-order valence-electron chi connectivity index (χ0n) is 13.4. The summed E-state index contributed by atoms with van der Waals surface area (Å²) in [6, 6.07) is 19.9. The van der Waals surface area contributed by atoms with E-state index in [4.69, 9.17) is 0 Å². The van der Waals surface area contributed by atoms with Crippen molar-refractivity contribution >= 4 is 5.97 Å². The van der Waals surface area contributed by atoms with Crippen molar-refractivity contribution in [2.24, 2.45) is 0 Å². The minimum Gasteiger partial charge on any atom is -0.481 e. The molecule has 0 saturated carbocycles. The maximum absolute atomic E-state index is 11.4. The zero-order valence-corrected chi connectivity index (χ0v) is 13.4. The van der Waals surface area contributed by atoms with Crippen LogP contribution in [0.15, 0.2) is 73.3 Å². The second-order valence-corrected chi connectivity index (χ2v) is 5.60. The van der Waals surface area contributed by atoms with Crippen LogP contribution in [-0.2, 0) is 4.79 Å². The summed E-state index contributed by atoms with van der Waals surface area (Å²) in [7, 11) is 0. The highest BCUT2D eigenvalue weighted by molar-refractivity contribution is 5.68. The summed E-state index contributed by atoms with van der Waals surface area (Å²) in [5.74, 6) is -0.798. The van der Waals surface area contributed by atoms with Gasteiger partial charge in [-0.2, -0.15) is 0 Å². The summed E-state index contributed by atoms with van der Waals surface area (Å²) in [5, 5.41) is 9.36. The Morgan fingerprint density at radius 2 is 1.61 bits per heavy atom. The molecule has 0 amide bonds. The molecule has 0 saturated heterocycles. The van der Waals surface area contributed by atoms with Crippen molar-refractivity contribution in [2.75, 3.05) is 6.54 Å². The third-order valence-corrected chi connectivity index (χ3v) is 4.07. The largest absolute Gasteiger partial charge is 0.481 e. The van der Waals surface area contributed by atoms with E-state index < -0.39 is 5.97 Å². The lowest BCUT2D eigenvalue weighted by Crippen LogP contribution is -2.33. The maximum atomic E-state index is 11.4. The van der Waals surface area contributed by atoms with E-state index in [9.17, 15) is 9.90 Å². The molecule has 2 aromatic carbocycles. The van der Waals surface area contributed by atoms with Gasteiger partial charge in [0.25, 0.3) is 0 Å². The van der Waals surface area contributed by atoms with Crippen molar-refractivity contribution in [1.82, 2.24) is 4.90 Å². The Balaban J connectivity index is 2.37. The zero-order chi connectivity index (χ0) is 16.7. The molecular weight excluding hydrogens is 286 g/mol. The lowest BCUT2D eigenvalue weighted by molar-refractivity contribution is -0.138. The predicted octanol–water partition coefficient (Wildman–Crippen LogP) is 4.45. The molecule has 2 aromatic rings. The highest BCUT2D eigenvalue weighted by atomic mass is 16.4. The Morgan fingerprint density at radius 1 is 1.09 bits per heavy atom. The number of hydrogen-bond donors (Lipinski definition) is 1. The molecule has 120 valence electrons. The molecule has 0 radical (unpaired) electrons. The molecule has 2 unspecified atom stereocenters. The van der Waals surface area contributed by atoms with Gasteiger partial charge in [-0.3, -0.25) is 9.69 Å². The summed E-state index contributed by atoms with van der Waals surface area (Å²) in [6.45, 7) is 6.58. The fraction of sp³-hybridized carbons (Fsp3) is 0.250. The molecule has 0 bridgehead atoms. The molecule has 0 heterocycles. The number of benzene rings is 2. The molecule has 23 heavy (non-hydrogen) atoms. The van der Waals surface area contributed by atoms with Crippen molar-refractivity contribution in [2.45, 2.75) is 25.4 Å². The van der Waals surface area contributed by atoms with Gasteiger partial charge in [-0.1, -0.05) is 66.7 Å². The molecular formula is C20H23NO2.